The number of ether oxygens (including phenoxy) is 1. The lowest BCUT2D eigenvalue weighted by Gasteiger charge is -2.11. The number of nitrogens with zero attached hydrogens (tertiary/aromatic N) is 3. The maximum absolute atomic E-state index is 12.9. The van der Waals surface area contributed by atoms with Crippen LogP contribution >= 0.6 is 0 Å². The Balaban J connectivity index is 1.68. The highest BCUT2D eigenvalue weighted by Gasteiger charge is 2.28. The standard InChI is InChI=1S/C22H19N3O2/c1-16-21(22(26)25(23-16)18-7-4-3-5-8-18)15-19-9-6-14-24(19)17-10-12-20(27-2)13-11-17/h3-15H,1-2H3/b21-15+. The molecular formula is C22H19N3O2. The number of carbonyl (C=O) groups is 1. The number of hydrogen-bond acceptors (Lipinski definition) is 3. The summed E-state index contributed by atoms with van der Waals surface area (Å²) < 4.78 is 7.25. The maximum atomic E-state index is 12.9. The predicted molar refractivity (Wildman–Crippen MR) is 107 cm³/mol. The van der Waals surface area contributed by atoms with Gasteiger partial charge in [0.25, 0.3) is 5.91 Å². The summed E-state index contributed by atoms with van der Waals surface area (Å²) in [4.78, 5) is 12.9. The Morgan fingerprint density at radius 2 is 1.67 bits per heavy atom. The molecule has 134 valence electrons. The number of hydrogen-bond donors (Lipinski definition) is 0. The molecule has 2 heterocycles. The second kappa shape index (κ2) is 6.96. The predicted octanol–water partition coefficient (Wildman–Crippen LogP) is 4.29. The Morgan fingerprint density at radius 3 is 2.37 bits per heavy atom. The zero-order chi connectivity index (χ0) is 18.8. The van der Waals surface area contributed by atoms with Crippen LogP contribution in [0.2, 0.25) is 0 Å². The van der Waals surface area contributed by atoms with Crippen LogP contribution in [0.3, 0.4) is 0 Å². The summed E-state index contributed by atoms with van der Waals surface area (Å²) in [5, 5.41) is 5.88. The molecule has 0 spiro atoms. The number of para-hydroxylation sites is 1. The van der Waals surface area contributed by atoms with Crippen molar-refractivity contribution in [2.24, 2.45) is 5.10 Å². The van der Waals surface area contributed by atoms with Gasteiger partial charge in [-0.1, -0.05) is 18.2 Å². The van der Waals surface area contributed by atoms with Gasteiger partial charge in [-0.05, 0) is 61.5 Å². The van der Waals surface area contributed by atoms with Gasteiger partial charge in [-0.25, -0.2) is 0 Å². The zero-order valence-corrected chi connectivity index (χ0v) is 15.2. The molecule has 0 aliphatic carbocycles. The smallest absolute Gasteiger partial charge is 0.280 e. The molecule has 1 aliphatic rings. The van der Waals surface area contributed by atoms with Crippen LogP contribution in [0.5, 0.6) is 5.75 Å². The molecule has 0 fully saturated rings. The minimum absolute atomic E-state index is 0.124. The number of hydrazone groups is 1. The first kappa shape index (κ1) is 16.8. The number of carbonyl (C=O) groups excluding carboxylic acids is 1. The quantitative estimate of drug-likeness (QED) is 0.654. The van der Waals surface area contributed by atoms with E-state index in [0.717, 1.165) is 22.8 Å². The lowest BCUT2D eigenvalue weighted by molar-refractivity contribution is -0.114. The minimum atomic E-state index is -0.124. The molecule has 3 aromatic rings. The summed E-state index contributed by atoms with van der Waals surface area (Å²) in [7, 11) is 1.65. The molecule has 0 atom stereocenters. The molecule has 1 aromatic heterocycles. The number of methoxy groups -OCH3 is 1. The van der Waals surface area contributed by atoms with E-state index >= 15 is 0 Å². The number of rotatable bonds is 4. The van der Waals surface area contributed by atoms with Gasteiger partial charge in [-0.15, -0.1) is 0 Å². The molecule has 27 heavy (non-hydrogen) atoms. The summed E-state index contributed by atoms with van der Waals surface area (Å²) in [6.45, 7) is 1.85. The molecular weight excluding hydrogens is 338 g/mol. The van der Waals surface area contributed by atoms with Crippen molar-refractivity contribution in [2.75, 3.05) is 12.1 Å². The topological polar surface area (TPSA) is 46.8 Å². The largest absolute Gasteiger partial charge is 0.497 e. The summed E-state index contributed by atoms with van der Waals surface area (Å²) in [6.07, 6.45) is 3.85. The third kappa shape index (κ3) is 3.15. The molecule has 2 aromatic carbocycles. The minimum Gasteiger partial charge on any atom is -0.497 e. The van der Waals surface area contributed by atoms with Crippen molar-refractivity contribution in [3.05, 3.63) is 84.2 Å². The van der Waals surface area contributed by atoms with Gasteiger partial charge < -0.3 is 9.30 Å². The van der Waals surface area contributed by atoms with Gasteiger partial charge in [-0.3, -0.25) is 4.79 Å². The van der Waals surface area contributed by atoms with Crippen molar-refractivity contribution in [3.8, 4) is 11.4 Å². The van der Waals surface area contributed by atoms with Crippen molar-refractivity contribution < 1.29 is 9.53 Å². The van der Waals surface area contributed by atoms with E-state index in [1.807, 2.05) is 90.5 Å². The lowest BCUT2D eigenvalue weighted by atomic mass is 10.1. The number of aromatic nitrogens is 1. The first-order valence-corrected chi connectivity index (χ1v) is 8.66. The maximum Gasteiger partial charge on any atom is 0.280 e. The third-order valence-corrected chi connectivity index (χ3v) is 4.49. The first-order valence-electron chi connectivity index (χ1n) is 8.66. The molecule has 0 unspecified atom stereocenters. The molecule has 0 saturated carbocycles. The fourth-order valence-corrected chi connectivity index (χ4v) is 3.07. The summed E-state index contributed by atoms with van der Waals surface area (Å²) >= 11 is 0. The first-order chi connectivity index (χ1) is 13.2. The van der Waals surface area contributed by atoms with Crippen LogP contribution < -0.4 is 9.75 Å². The van der Waals surface area contributed by atoms with Crippen molar-refractivity contribution in [3.63, 3.8) is 0 Å². The van der Waals surface area contributed by atoms with Gasteiger partial charge in [0, 0.05) is 17.6 Å². The fourth-order valence-electron chi connectivity index (χ4n) is 3.07. The van der Waals surface area contributed by atoms with Crippen LogP contribution in [-0.2, 0) is 4.79 Å². The van der Waals surface area contributed by atoms with E-state index in [1.54, 1.807) is 7.11 Å². The molecule has 0 N–H and O–H groups in total. The Morgan fingerprint density at radius 1 is 0.926 bits per heavy atom. The summed E-state index contributed by atoms with van der Waals surface area (Å²) in [5.41, 5.74) is 3.95. The van der Waals surface area contributed by atoms with E-state index in [4.69, 9.17) is 4.74 Å². The zero-order valence-electron chi connectivity index (χ0n) is 15.2. The number of benzene rings is 2. The Hall–Kier alpha value is -3.60. The fraction of sp³-hybridized carbons (Fsp3) is 0.0909. The average molecular weight is 357 g/mol. The Labute approximate surface area is 157 Å². The van der Waals surface area contributed by atoms with Crippen LogP contribution in [0.25, 0.3) is 11.8 Å². The van der Waals surface area contributed by atoms with Crippen molar-refractivity contribution in [1.29, 1.82) is 0 Å². The second-order valence-corrected chi connectivity index (χ2v) is 6.20. The van der Waals surface area contributed by atoms with Gasteiger partial charge in [0.05, 0.1) is 24.1 Å². The average Bonchev–Trinajstić information content (AvgIpc) is 3.29. The van der Waals surface area contributed by atoms with Crippen LogP contribution in [0.1, 0.15) is 12.6 Å². The van der Waals surface area contributed by atoms with Gasteiger partial charge in [-0.2, -0.15) is 10.1 Å². The number of anilines is 1. The molecule has 5 nitrogen and oxygen atoms in total. The molecule has 1 aliphatic heterocycles. The summed E-state index contributed by atoms with van der Waals surface area (Å²) in [5.74, 6) is 0.680. The van der Waals surface area contributed by atoms with Gasteiger partial charge in [0.15, 0.2) is 0 Å². The lowest BCUT2D eigenvalue weighted by Crippen LogP contribution is -2.21. The van der Waals surface area contributed by atoms with E-state index in [2.05, 4.69) is 5.10 Å². The molecule has 0 radical (unpaired) electrons. The van der Waals surface area contributed by atoms with Crippen LogP contribution in [0.4, 0.5) is 5.69 Å². The van der Waals surface area contributed by atoms with E-state index in [9.17, 15) is 4.79 Å². The highest BCUT2D eigenvalue weighted by Crippen LogP contribution is 2.26. The molecule has 5 heteroatoms. The third-order valence-electron chi connectivity index (χ3n) is 4.49. The highest BCUT2D eigenvalue weighted by molar-refractivity contribution is 6.32. The van der Waals surface area contributed by atoms with Crippen molar-refractivity contribution in [2.45, 2.75) is 6.92 Å². The molecule has 0 bridgehead atoms. The van der Waals surface area contributed by atoms with Crippen LogP contribution in [0.15, 0.2) is 83.6 Å². The Kier molecular flexibility index (Phi) is 4.34. The number of amides is 1. The summed E-state index contributed by atoms with van der Waals surface area (Å²) in [6, 6.07) is 21.2. The van der Waals surface area contributed by atoms with Crippen LogP contribution in [-0.4, -0.2) is 23.3 Å². The van der Waals surface area contributed by atoms with Crippen molar-refractivity contribution >= 4 is 23.4 Å². The Bertz CT molecular complexity index is 1030. The van der Waals surface area contributed by atoms with E-state index in [-0.39, 0.29) is 5.91 Å². The van der Waals surface area contributed by atoms with E-state index in [0.29, 0.717) is 11.3 Å². The molecule has 4 rings (SSSR count). The van der Waals surface area contributed by atoms with Gasteiger partial charge >= 0.3 is 0 Å². The normalized spacial score (nSPS) is 15.3. The van der Waals surface area contributed by atoms with Gasteiger partial charge in [0.1, 0.15) is 5.75 Å². The van der Waals surface area contributed by atoms with Gasteiger partial charge in [0.2, 0.25) is 0 Å². The van der Waals surface area contributed by atoms with E-state index < -0.39 is 0 Å². The molecule has 0 saturated heterocycles. The molecule has 1 amide bonds. The second-order valence-electron chi connectivity index (χ2n) is 6.20. The van der Waals surface area contributed by atoms with Crippen LogP contribution in [0, 0.1) is 0 Å². The highest BCUT2D eigenvalue weighted by atomic mass is 16.5. The van der Waals surface area contributed by atoms with Crippen molar-refractivity contribution in [1.82, 2.24) is 4.57 Å². The monoisotopic (exact) mass is 357 g/mol. The SMILES string of the molecule is COc1ccc(-n2cccc2/C=C2/C(=O)N(c3ccccc3)N=C2C)cc1. The van der Waals surface area contributed by atoms with E-state index in [1.165, 1.54) is 5.01 Å².